The summed E-state index contributed by atoms with van der Waals surface area (Å²) >= 11 is 9.86. The molecular formula is C7H7ClOS. The average molecular weight is 175 g/mol. The van der Waals surface area contributed by atoms with Crippen molar-refractivity contribution in [2.24, 2.45) is 0 Å². The van der Waals surface area contributed by atoms with Gasteiger partial charge in [0.15, 0.2) is 0 Å². The molecular weight excluding hydrogens is 168 g/mol. The van der Waals surface area contributed by atoms with Crippen molar-refractivity contribution in [1.82, 2.24) is 0 Å². The van der Waals surface area contributed by atoms with E-state index in [4.69, 9.17) is 16.3 Å². The van der Waals surface area contributed by atoms with Crippen LogP contribution in [0.25, 0.3) is 0 Å². The van der Waals surface area contributed by atoms with E-state index in [2.05, 4.69) is 12.6 Å². The fourth-order valence-corrected chi connectivity index (χ4v) is 1.19. The third-order valence-corrected chi connectivity index (χ3v) is 1.71. The molecule has 1 nitrogen and oxygen atoms in total. The van der Waals surface area contributed by atoms with Crippen LogP contribution in [0.4, 0.5) is 0 Å². The Labute approximate surface area is 70.4 Å². The van der Waals surface area contributed by atoms with E-state index in [9.17, 15) is 0 Å². The first kappa shape index (κ1) is 7.76. The summed E-state index contributed by atoms with van der Waals surface area (Å²) in [5, 5.41) is 0.593. The summed E-state index contributed by atoms with van der Waals surface area (Å²) in [6.45, 7) is 0. The molecule has 0 aliphatic heterocycles. The molecule has 0 aromatic heterocycles. The molecule has 0 saturated carbocycles. The molecule has 0 aliphatic rings. The molecule has 0 radical (unpaired) electrons. The van der Waals surface area contributed by atoms with E-state index in [-0.39, 0.29) is 0 Å². The Kier molecular flexibility index (Phi) is 2.46. The maximum absolute atomic E-state index is 5.76. The second kappa shape index (κ2) is 3.17. The average Bonchev–Trinajstić information content (AvgIpc) is 1.88. The van der Waals surface area contributed by atoms with Gasteiger partial charge in [-0.05, 0) is 18.2 Å². The molecule has 0 saturated heterocycles. The maximum Gasteiger partial charge on any atom is 0.137 e. The fourth-order valence-electron chi connectivity index (χ4n) is 0.655. The number of methoxy groups -OCH3 is 1. The number of hydrogen-bond acceptors (Lipinski definition) is 2. The number of hydrogen-bond donors (Lipinski definition) is 1. The molecule has 0 N–H and O–H groups in total. The predicted molar refractivity (Wildman–Crippen MR) is 45.3 cm³/mol. The highest BCUT2D eigenvalue weighted by atomic mass is 35.5. The smallest absolute Gasteiger partial charge is 0.137 e. The first-order valence-corrected chi connectivity index (χ1v) is 3.59. The zero-order chi connectivity index (χ0) is 7.56. The third kappa shape index (κ3) is 1.58. The summed E-state index contributed by atoms with van der Waals surface area (Å²) in [5.41, 5.74) is 0. The molecule has 10 heavy (non-hydrogen) atoms. The lowest BCUT2D eigenvalue weighted by atomic mass is 10.3. The van der Waals surface area contributed by atoms with Crippen LogP contribution in [0.3, 0.4) is 0 Å². The van der Waals surface area contributed by atoms with Gasteiger partial charge in [0.05, 0.1) is 12.1 Å². The van der Waals surface area contributed by atoms with E-state index >= 15 is 0 Å². The third-order valence-electron chi connectivity index (χ3n) is 1.14. The maximum atomic E-state index is 5.76. The zero-order valence-corrected chi connectivity index (χ0v) is 7.12. The Hall–Kier alpha value is -0.340. The van der Waals surface area contributed by atoms with E-state index in [0.717, 1.165) is 4.90 Å². The van der Waals surface area contributed by atoms with E-state index < -0.39 is 0 Å². The van der Waals surface area contributed by atoms with E-state index in [0.29, 0.717) is 10.8 Å². The monoisotopic (exact) mass is 174 g/mol. The first-order valence-electron chi connectivity index (χ1n) is 2.76. The predicted octanol–water partition coefficient (Wildman–Crippen LogP) is 2.64. The molecule has 0 heterocycles. The van der Waals surface area contributed by atoms with Crippen molar-refractivity contribution in [2.45, 2.75) is 4.90 Å². The summed E-state index contributed by atoms with van der Waals surface area (Å²) in [4.78, 5) is 0.839. The minimum atomic E-state index is 0.593. The minimum Gasteiger partial charge on any atom is -0.495 e. The molecule has 0 amide bonds. The summed E-state index contributed by atoms with van der Waals surface area (Å²) in [7, 11) is 1.58. The van der Waals surface area contributed by atoms with Crippen molar-refractivity contribution in [3.8, 4) is 5.75 Å². The van der Waals surface area contributed by atoms with Crippen LogP contribution in [0.5, 0.6) is 5.75 Å². The van der Waals surface area contributed by atoms with Gasteiger partial charge in [0, 0.05) is 4.90 Å². The second-order valence-electron chi connectivity index (χ2n) is 1.82. The van der Waals surface area contributed by atoms with Crippen LogP contribution < -0.4 is 4.74 Å². The van der Waals surface area contributed by atoms with E-state index in [1.54, 1.807) is 19.2 Å². The highest BCUT2D eigenvalue weighted by Crippen LogP contribution is 2.25. The molecule has 0 aliphatic carbocycles. The molecule has 54 valence electrons. The Bertz CT molecular complexity index is 237. The van der Waals surface area contributed by atoms with E-state index in [1.807, 2.05) is 6.07 Å². The van der Waals surface area contributed by atoms with Gasteiger partial charge in [0.2, 0.25) is 0 Å². The van der Waals surface area contributed by atoms with Crippen LogP contribution >= 0.6 is 24.2 Å². The Morgan fingerprint density at radius 3 is 2.70 bits per heavy atom. The summed E-state index contributed by atoms with van der Waals surface area (Å²) in [6.07, 6.45) is 0. The van der Waals surface area contributed by atoms with Crippen molar-refractivity contribution >= 4 is 24.2 Å². The zero-order valence-electron chi connectivity index (χ0n) is 5.47. The second-order valence-corrected chi connectivity index (χ2v) is 2.74. The summed E-state index contributed by atoms with van der Waals surface area (Å²) < 4.78 is 4.93. The van der Waals surface area contributed by atoms with Crippen molar-refractivity contribution in [3.05, 3.63) is 23.2 Å². The van der Waals surface area contributed by atoms with Crippen molar-refractivity contribution < 1.29 is 4.74 Å². The van der Waals surface area contributed by atoms with Gasteiger partial charge < -0.3 is 4.74 Å². The number of rotatable bonds is 1. The van der Waals surface area contributed by atoms with Gasteiger partial charge in [-0.2, -0.15) is 0 Å². The minimum absolute atomic E-state index is 0.593. The number of ether oxygens (including phenoxy) is 1. The van der Waals surface area contributed by atoms with Gasteiger partial charge in [0.1, 0.15) is 5.75 Å². The molecule has 0 atom stereocenters. The molecule has 3 heteroatoms. The standard InChI is InChI=1S/C7H7ClOS/c1-9-7-3-2-5(10)4-6(7)8/h2-4,10H,1H3. The lowest BCUT2D eigenvalue weighted by Crippen LogP contribution is -1.82. The molecule has 0 bridgehead atoms. The van der Waals surface area contributed by atoms with Crippen LogP contribution in [0.1, 0.15) is 0 Å². The van der Waals surface area contributed by atoms with Gasteiger partial charge in [-0.1, -0.05) is 11.6 Å². The summed E-state index contributed by atoms with van der Waals surface area (Å²) in [5.74, 6) is 0.680. The molecule has 1 aromatic rings. The number of benzene rings is 1. The first-order chi connectivity index (χ1) is 4.74. The highest BCUT2D eigenvalue weighted by Gasteiger charge is 1.97. The molecule has 0 unspecified atom stereocenters. The van der Waals surface area contributed by atoms with Crippen molar-refractivity contribution in [2.75, 3.05) is 7.11 Å². The molecule has 0 spiro atoms. The largest absolute Gasteiger partial charge is 0.495 e. The molecule has 1 rings (SSSR count). The number of thiol groups is 1. The SMILES string of the molecule is COc1ccc(S)cc1Cl. The Balaban J connectivity index is 3.07. The quantitative estimate of drug-likeness (QED) is 0.644. The lowest BCUT2D eigenvalue weighted by Gasteiger charge is -2.01. The lowest BCUT2D eigenvalue weighted by molar-refractivity contribution is 0.414. The van der Waals surface area contributed by atoms with Gasteiger partial charge in [-0.25, -0.2) is 0 Å². The van der Waals surface area contributed by atoms with Crippen LogP contribution in [0.15, 0.2) is 23.1 Å². The fraction of sp³-hybridized carbons (Fsp3) is 0.143. The normalized spacial score (nSPS) is 9.50. The van der Waals surface area contributed by atoms with E-state index in [1.165, 1.54) is 0 Å². The van der Waals surface area contributed by atoms with Gasteiger partial charge in [0.25, 0.3) is 0 Å². The van der Waals surface area contributed by atoms with Crippen molar-refractivity contribution in [3.63, 3.8) is 0 Å². The Morgan fingerprint density at radius 1 is 1.50 bits per heavy atom. The van der Waals surface area contributed by atoms with Crippen LogP contribution in [-0.4, -0.2) is 7.11 Å². The van der Waals surface area contributed by atoms with Crippen molar-refractivity contribution in [1.29, 1.82) is 0 Å². The highest BCUT2D eigenvalue weighted by molar-refractivity contribution is 7.80. The Morgan fingerprint density at radius 2 is 2.20 bits per heavy atom. The van der Waals surface area contributed by atoms with Gasteiger partial charge in [-0.3, -0.25) is 0 Å². The van der Waals surface area contributed by atoms with Crippen LogP contribution in [-0.2, 0) is 0 Å². The number of halogens is 1. The molecule has 0 fully saturated rings. The van der Waals surface area contributed by atoms with Crippen LogP contribution in [0.2, 0.25) is 5.02 Å². The van der Waals surface area contributed by atoms with Gasteiger partial charge >= 0.3 is 0 Å². The summed E-state index contributed by atoms with van der Waals surface area (Å²) in [6, 6.07) is 5.35. The van der Waals surface area contributed by atoms with Crippen LogP contribution in [0, 0.1) is 0 Å². The molecule has 1 aromatic carbocycles. The van der Waals surface area contributed by atoms with Gasteiger partial charge in [-0.15, -0.1) is 12.6 Å². The topological polar surface area (TPSA) is 9.23 Å².